The molecule has 6 nitrogen and oxygen atoms in total. The summed E-state index contributed by atoms with van der Waals surface area (Å²) in [6, 6.07) is 11.9. The van der Waals surface area contributed by atoms with Crippen LogP contribution in [-0.4, -0.2) is 15.9 Å². The smallest absolute Gasteiger partial charge is 0.336 e. The number of nitrogens with one attached hydrogen (secondary N) is 2. The maximum Gasteiger partial charge on any atom is 0.336 e. The highest BCUT2D eigenvalue weighted by Gasteiger charge is 2.09. The summed E-state index contributed by atoms with van der Waals surface area (Å²) in [5.41, 5.74) is 3.54. The molecule has 2 aromatic heterocycles. The lowest BCUT2D eigenvalue weighted by atomic mass is 10.1. The Hall–Kier alpha value is -3.41. The number of aryl methyl sites for hydroxylation is 1. The average Bonchev–Trinajstić information content (AvgIpc) is 3.01. The molecule has 4 aromatic rings. The number of amides is 1. The monoisotopic (exact) mass is 319 g/mol. The summed E-state index contributed by atoms with van der Waals surface area (Å²) in [6.07, 6.45) is 1.58. The number of anilines is 1. The van der Waals surface area contributed by atoms with Crippen LogP contribution in [0.2, 0.25) is 0 Å². The second kappa shape index (κ2) is 5.34. The molecule has 0 fully saturated rings. The predicted molar refractivity (Wildman–Crippen MR) is 91.3 cm³/mol. The van der Waals surface area contributed by atoms with Gasteiger partial charge in [0.2, 0.25) is 0 Å². The first-order valence-corrected chi connectivity index (χ1v) is 7.39. The number of rotatable bonds is 2. The highest BCUT2D eigenvalue weighted by atomic mass is 16.4. The van der Waals surface area contributed by atoms with E-state index >= 15 is 0 Å². The molecule has 24 heavy (non-hydrogen) atoms. The van der Waals surface area contributed by atoms with Gasteiger partial charge >= 0.3 is 5.63 Å². The molecule has 1 amide bonds. The van der Waals surface area contributed by atoms with Crippen molar-refractivity contribution >= 4 is 33.6 Å². The van der Waals surface area contributed by atoms with Gasteiger partial charge in [0.15, 0.2) is 0 Å². The maximum atomic E-state index is 12.4. The highest BCUT2D eigenvalue weighted by Crippen LogP contribution is 2.21. The van der Waals surface area contributed by atoms with Crippen molar-refractivity contribution < 1.29 is 9.21 Å². The van der Waals surface area contributed by atoms with E-state index in [1.807, 2.05) is 13.0 Å². The van der Waals surface area contributed by atoms with Gasteiger partial charge in [-0.1, -0.05) is 0 Å². The zero-order chi connectivity index (χ0) is 16.7. The zero-order valence-electron chi connectivity index (χ0n) is 12.8. The van der Waals surface area contributed by atoms with Crippen LogP contribution in [0.3, 0.4) is 0 Å². The molecule has 2 N–H and O–H groups in total. The number of carbonyl (C=O) groups excluding carboxylic acids is 1. The Balaban J connectivity index is 1.67. The Bertz CT molecular complexity index is 1140. The number of nitrogens with zero attached hydrogens (tertiary/aromatic N) is 1. The zero-order valence-corrected chi connectivity index (χ0v) is 12.8. The number of carbonyl (C=O) groups is 1. The maximum absolute atomic E-state index is 12.4. The summed E-state index contributed by atoms with van der Waals surface area (Å²) in [5, 5.41) is 3.65. The number of hydrogen-bond donors (Lipinski definition) is 2. The third-order valence-electron chi connectivity index (χ3n) is 3.89. The Morgan fingerprint density at radius 2 is 2.04 bits per heavy atom. The third kappa shape index (κ3) is 2.44. The van der Waals surface area contributed by atoms with Gasteiger partial charge in [0.1, 0.15) is 5.58 Å². The fraction of sp³-hybridized carbons (Fsp3) is 0.0556. The molecule has 0 aliphatic rings. The van der Waals surface area contributed by atoms with Crippen LogP contribution in [0.5, 0.6) is 0 Å². The van der Waals surface area contributed by atoms with Crippen molar-refractivity contribution in [2.24, 2.45) is 0 Å². The second-order valence-electron chi connectivity index (χ2n) is 5.55. The van der Waals surface area contributed by atoms with Gasteiger partial charge in [0.25, 0.3) is 5.91 Å². The first kappa shape index (κ1) is 14.2. The SMILES string of the molecule is Cc1cc(=O)oc2cc(NC(=O)c3ccc4nc[nH]c4c3)ccc12. The summed E-state index contributed by atoms with van der Waals surface area (Å²) in [6.45, 7) is 1.84. The minimum atomic E-state index is -0.409. The van der Waals surface area contributed by atoms with Crippen molar-refractivity contribution in [1.82, 2.24) is 9.97 Å². The summed E-state index contributed by atoms with van der Waals surface area (Å²) < 4.78 is 5.20. The molecular weight excluding hydrogens is 306 g/mol. The molecule has 0 saturated heterocycles. The minimum absolute atomic E-state index is 0.249. The lowest BCUT2D eigenvalue weighted by molar-refractivity contribution is 0.102. The van der Waals surface area contributed by atoms with Crippen LogP contribution in [0.4, 0.5) is 5.69 Å². The van der Waals surface area contributed by atoms with Gasteiger partial charge < -0.3 is 14.7 Å². The molecule has 0 unspecified atom stereocenters. The van der Waals surface area contributed by atoms with Crippen molar-refractivity contribution in [3.63, 3.8) is 0 Å². The Labute approximate surface area is 136 Å². The standard InChI is InChI=1S/C18H13N3O3/c1-10-6-17(22)24-16-8-12(3-4-13(10)16)21-18(23)11-2-5-14-15(7-11)20-9-19-14/h2-9H,1H3,(H,19,20)(H,21,23). The van der Waals surface area contributed by atoms with Crippen LogP contribution in [0.25, 0.3) is 22.0 Å². The quantitative estimate of drug-likeness (QED) is 0.555. The number of benzene rings is 2. The molecule has 4 rings (SSSR count). The molecule has 0 radical (unpaired) electrons. The predicted octanol–water partition coefficient (Wildman–Crippen LogP) is 3.23. The van der Waals surface area contributed by atoms with Crippen molar-refractivity contribution in [2.45, 2.75) is 6.92 Å². The van der Waals surface area contributed by atoms with E-state index in [-0.39, 0.29) is 5.91 Å². The Morgan fingerprint density at radius 1 is 1.17 bits per heavy atom. The van der Waals surface area contributed by atoms with Crippen LogP contribution < -0.4 is 10.9 Å². The van der Waals surface area contributed by atoms with Crippen LogP contribution in [0.1, 0.15) is 15.9 Å². The summed E-state index contributed by atoms with van der Waals surface area (Å²) in [5.74, 6) is -0.249. The van der Waals surface area contributed by atoms with Crippen LogP contribution in [0.15, 0.2) is 58.0 Å². The van der Waals surface area contributed by atoms with Crippen molar-refractivity contribution in [3.8, 4) is 0 Å². The summed E-state index contributed by atoms with van der Waals surface area (Å²) in [7, 11) is 0. The number of aromatic amines is 1. The number of imidazole rings is 1. The lowest BCUT2D eigenvalue weighted by Gasteiger charge is -2.07. The molecule has 6 heteroatoms. The van der Waals surface area contributed by atoms with Gasteiger partial charge in [-0.2, -0.15) is 0 Å². The Kier molecular flexibility index (Phi) is 3.16. The van der Waals surface area contributed by atoms with Crippen molar-refractivity contribution in [3.05, 3.63) is 70.3 Å². The van der Waals surface area contributed by atoms with Gasteiger partial charge in [-0.3, -0.25) is 4.79 Å². The van der Waals surface area contributed by atoms with E-state index in [0.717, 1.165) is 22.0 Å². The van der Waals surface area contributed by atoms with Gasteiger partial charge in [0, 0.05) is 28.8 Å². The van der Waals surface area contributed by atoms with E-state index in [4.69, 9.17) is 4.42 Å². The van der Waals surface area contributed by atoms with Gasteiger partial charge in [0.05, 0.1) is 17.4 Å². The van der Waals surface area contributed by atoms with Crippen LogP contribution in [0, 0.1) is 6.92 Å². The number of hydrogen-bond acceptors (Lipinski definition) is 4. The van der Waals surface area contributed by atoms with E-state index in [0.29, 0.717) is 16.8 Å². The minimum Gasteiger partial charge on any atom is -0.423 e. The topological polar surface area (TPSA) is 88.0 Å². The molecule has 2 aromatic carbocycles. The van der Waals surface area contributed by atoms with E-state index in [1.54, 1.807) is 36.7 Å². The van der Waals surface area contributed by atoms with Crippen molar-refractivity contribution in [1.29, 1.82) is 0 Å². The molecule has 118 valence electrons. The second-order valence-corrected chi connectivity index (χ2v) is 5.55. The molecule has 0 spiro atoms. The molecule has 0 aliphatic heterocycles. The molecular formula is C18H13N3O3. The van der Waals surface area contributed by atoms with Crippen LogP contribution >= 0.6 is 0 Å². The Morgan fingerprint density at radius 3 is 2.92 bits per heavy atom. The summed E-state index contributed by atoms with van der Waals surface area (Å²) >= 11 is 0. The number of fused-ring (bicyclic) bond motifs is 2. The molecule has 0 aliphatic carbocycles. The largest absolute Gasteiger partial charge is 0.423 e. The van der Waals surface area contributed by atoms with E-state index < -0.39 is 5.63 Å². The average molecular weight is 319 g/mol. The summed E-state index contributed by atoms with van der Waals surface area (Å²) in [4.78, 5) is 31.0. The van der Waals surface area contributed by atoms with Crippen molar-refractivity contribution in [2.75, 3.05) is 5.32 Å². The van der Waals surface area contributed by atoms with Gasteiger partial charge in [-0.05, 0) is 42.8 Å². The first-order valence-electron chi connectivity index (χ1n) is 7.39. The van der Waals surface area contributed by atoms with Gasteiger partial charge in [-0.25, -0.2) is 9.78 Å². The van der Waals surface area contributed by atoms with E-state index in [2.05, 4.69) is 15.3 Å². The fourth-order valence-electron chi connectivity index (χ4n) is 2.68. The number of H-pyrrole nitrogens is 1. The molecule has 0 atom stereocenters. The van der Waals surface area contributed by atoms with Gasteiger partial charge in [-0.15, -0.1) is 0 Å². The normalized spacial score (nSPS) is 11.0. The third-order valence-corrected chi connectivity index (χ3v) is 3.89. The fourth-order valence-corrected chi connectivity index (χ4v) is 2.68. The molecule has 0 bridgehead atoms. The molecule has 0 saturated carbocycles. The lowest BCUT2D eigenvalue weighted by Crippen LogP contribution is -2.11. The van der Waals surface area contributed by atoms with Crippen LogP contribution in [-0.2, 0) is 0 Å². The number of aromatic nitrogens is 2. The van der Waals surface area contributed by atoms with E-state index in [1.165, 1.54) is 6.07 Å². The van der Waals surface area contributed by atoms with E-state index in [9.17, 15) is 9.59 Å². The molecule has 2 heterocycles. The highest BCUT2D eigenvalue weighted by molar-refractivity contribution is 6.06. The first-order chi connectivity index (χ1) is 11.6.